The molecule has 1 aromatic heterocycles. The number of sulfonamides is 1. The first-order chi connectivity index (χ1) is 12.5. The fraction of sp³-hybridized carbons (Fsp3) is 0.611. The normalized spacial score (nSPS) is 17.9. The number of carbonyl (C=O) groups excluding carboxylic acids is 2. The SMILES string of the molecule is CC(OC(=O)C1CCN(S(=O)(=O)c2cccnc2)CC1)C(=O)NC(C)(C)C. The Labute approximate surface area is 160 Å². The van der Waals surface area contributed by atoms with E-state index in [0.29, 0.717) is 12.8 Å². The van der Waals surface area contributed by atoms with Gasteiger partial charge in [0.25, 0.3) is 5.91 Å². The quantitative estimate of drug-likeness (QED) is 0.752. The Morgan fingerprint density at radius 1 is 1.30 bits per heavy atom. The highest BCUT2D eigenvalue weighted by molar-refractivity contribution is 7.89. The molecule has 1 aliphatic rings. The van der Waals surface area contributed by atoms with Gasteiger partial charge in [-0.2, -0.15) is 4.31 Å². The van der Waals surface area contributed by atoms with E-state index in [1.54, 1.807) is 6.07 Å². The molecule has 9 heteroatoms. The van der Waals surface area contributed by atoms with Crippen LogP contribution in [-0.4, -0.2) is 54.3 Å². The third-order valence-corrected chi connectivity index (χ3v) is 6.10. The van der Waals surface area contributed by atoms with Gasteiger partial charge in [-0.25, -0.2) is 8.42 Å². The Bertz CT molecular complexity index is 766. The molecule has 1 fully saturated rings. The van der Waals surface area contributed by atoms with Crippen LogP contribution in [0.1, 0.15) is 40.5 Å². The second kappa shape index (κ2) is 8.35. The van der Waals surface area contributed by atoms with Gasteiger partial charge in [0.2, 0.25) is 10.0 Å². The van der Waals surface area contributed by atoms with Gasteiger partial charge >= 0.3 is 5.97 Å². The van der Waals surface area contributed by atoms with Gasteiger partial charge in [-0.15, -0.1) is 0 Å². The molecule has 1 amide bonds. The largest absolute Gasteiger partial charge is 0.452 e. The molecule has 0 radical (unpaired) electrons. The van der Waals surface area contributed by atoms with E-state index < -0.39 is 33.6 Å². The highest BCUT2D eigenvalue weighted by Crippen LogP contribution is 2.24. The van der Waals surface area contributed by atoms with Crippen molar-refractivity contribution < 1.29 is 22.7 Å². The maximum absolute atomic E-state index is 12.6. The lowest BCUT2D eigenvalue weighted by Gasteiger charge is -2.30. The summed E-state index contributed by atoms with van der Waals surface area (Å²) in [5.74, 6) is -1.24. The number of hydrogen-bond donors (Lipinski definition) is 1. The summed E-state index contributed by atoms with van der Waals surface area (Å²) in [6.07, 6.45) is 2.63. The number of carbonyl (C=O) groups is 2. The minimum Gasteiger partial charge on any atom is -0.452 e. The van der Waals surface area contributed by atoms with E-state index in [4.69, 9.17) is 4.74 Å². The van der Waals surface area contributed by atoms with Crippen molar-refractivity contribution in [3.63, 3.8) is 0 Å². The van der Waals surface area contributed by atoms with Crippen molar-refractivity contribution in [1.29, 1.82) is 0 Å². The smallest absolute Gasteiger partial charge is 0.309 e. The summed E-state index contributed by atoms with van der Waals surface area (Å²) >= 11 is 0. The summed E-state index contributed by atoms with van der Waals surface area (Å²) in [6, 6.07) is 3.07. The van der Waals surface area contributed by atoms with Crippen molar-refractivity contribution in [2.45, 2.75) is 57.1 Å². The van der Waals surface area contributed by atoms with Gasteiger partial charge in [0.1, 0.15) is 4.90 Å². The predicted molar refractivity (Wildman–Crippen MR) is 99.2 cm³/mol. The molecule has 27 heavy (non-hydrogen) atoms. The second-order valence-corrected chi connectivity index (χ2v) is 9.62. The van der Waals surface area contributed by atoms with Crippen LogP contribution >= 0.6 is 0 Å². The number of aromatic nitrogens is 1. The molecule has 1 aliphatic heterocycles. The van der Waals surface area contributed by atoms with E-state index in [1.807, 2.05) is 20.8 Å². The number of esters is 1. The van der Waals surface area contributed by atoms with Crippen LogP contribution in [0, 0.1) is 5.92 Å². The molecule has 1 saturated heterocycles. The Balaban J connectivity index is 1.90. The summed E-state index contributed by atoms with van der Waals surface area (Å²) in [5, 5.41) is 2.76. The van der Waals surface area contributed by atoms with Gasteiger partial charge in [0.05, 0.1) is 5.92 Å². The number of hydrogen-bond acceptors (Lipinski definition) is 6. The lowest BCUT2D eigenvalue weighted by molar-refractivity contribution is -0.160. The minimum absolute atomic E-state index is 0.138. The first-order valence-electron chi connectivity index (χ1n) is 8.93. The lowest BCUT2D eigenvalue weighted by Crippen LogP contribution is -2.47. The fourth-order valence-electron chi connectivity index (χ4n) is 2.78. The van der Waals surface area contributed by atoms with E-state index in [-0.39, 0.29) is 23.9 Å². The third kappa shape index (κ3) is 5.74. The number of pyridine rings is 1. The Morgan fingerprint density at radius 3 is 2.44 bits per heavy atom. The van der Waals surface area contributed by atoms with Crippen LogP contribution in [0.3, 0.4) is 0 Å². The highest BCUT2D eigenvalue weighted by atomic mass is 32.2. The fourth-order valence-corrected chi connectivity index (χ4v) is 4.21. The first-order valence-corrected chi connectivity index (χ1v) is 10.4. The first kappa shape index (κ1) is 21.3. The second-order valence-electron chi connectivity index (χ2n) is 7.69. The number of piperidine rings is 1. The zero-order chi connectivity index (χ0) is 20.2. The van der Waals surface area contributed by atoms with Crippen LogP contribution in [-0.2, 0) is 24.3 Å². The Morgan fingerprint density at radius 2 is 1.93 bits per heavy atom. The topological polar surface area (TPSA) is 106 Å². The average Bonchev–Trinajstić information content (AvgIpc) is 2.61. The van der Waals surface area contributed by atoms with Gasteiger partial charge in [0.15, 0.2) is 6.10 Å². The highest BCUT2D eigenvalue weighted by Gasteiger charge is 2.34. The van der Waals surface area contributed by atoms with Crippen LogP contribution in [0.4, 0.5) is 0 Å². The molecular formula is C18H27N3O5S. The molecule has 0 aromatic carbocycles. The van der Waals surface area contributed by atoms with Crippen molar-refractivity contribution in [2.24, 2.45) is 5.92 Å². The maximum Gasteiger partial charge on any atom is 0.309 e. The molecule has 1 aromatic rings. The summed E-state index contributed by atoms with van der Waals surface area (Å²) in [7, 11) is -3.61. The monoisotopic (exact) mass is 397 g/mol. The molecule has 2 heterocycles. The number of amides is 1. The maximum atomic E-state index is 12.6. The molecular weight excluding hydrogens is 370 g/mol. The van der Waals surface area contributed by atoms with E-state index in [2.05, 4.69) is 10.3 Å². The van der Waals surface area contributed by atoms with E-state index in [9.17, 15) is 18.0 Å². The standard InChI is InChI=1S/C18H27N3O5S/c1-13(16(22)20-18(2,3)4)26-17(23)14-7-10-21(11-8-14)27(24,25)15-6-5-9-19-12-15/h5-6,9,12-14H,7-8,10-11H2,1-4H3,(H,20,22). The van der Waals surface area contributed by atoms with Gasteiger partial charge < -0.3 is 10.1 Å². The van der Waals surface area contributed by atoms with E-state index in [1.165, 1.54) is 29.7 Å². The van der Waals surface area contributed by atoms with Crippen LogP contribution in [0.15, 0.2) is 29.4 Å². The molecule has 8 nitrogen and oxygen atoms in total. The van der Waals surface area contributed by atoms with Gasteiger partial charge in [0, 0.05) is 31.0 Å². The molecule has 1 unspecified atom stereocenters. The summed E-state index contributed by atoms with van der Waals surface area (Å²) in [6.45, 7) is 7.51. The van der Waals surface area contributed by atoms with Crippen molar-refractivity contribution >= 4 is 21.9 Å². The van der Waals surface area contributed by atoms with Crippen LogP contribution in [0.2, 0.25) is 0 Å². The number of nitrogens with one attached hydrogen (secondary N) is 1. The van der Waals surface area contributed by atoms with Crippen LogP contribution in [0.5, 0.6) is 0 Å². The molecule has 0 spiro atoms. The zero-order valence-electron chi connectivity index (χ0n) is 16.1. The number of rotatable bonds is 5. The average molecular weight is 397 g/mol. The molecule has 0 bridgehead atoms. The van der Waals surface area contributed by atoms with Crippen LogP contribution < -0.4 is 5.32 Å². The van der Waals surface area contributed by atoms with E-state index in [0.717, 1.165) is 0 Å². The summed E-state index contributed by atoms with van der Waals surface area (Å²) in [5.41, 5.74) is -0.413. The molecule has 0 aliphatic carbocycles. The molecule has 150 valence electrons. The Hall–Kier alpha value is -2.00. The van der Waals surface area contributed by atoms with Gasteiger partial charge in [-0.05, 0) is 52.7 Å². The van der Waals surface area contributed by atoms with E-state index >= 15 is 0 Å². The molecule has 2 rings (SSSR count). The molecule has 1 N–H and O–H groups in total. The third-order valence-electron chi connectivity index (χ3n) is 4.22. The van der Waals surface area contributed by atoms with Crippen LogP contribution in [0.25, 0.3) is 0 Å². The zero-order valence-corrected chi connectivity index (χ0v) is 17.0. The number of ether oxygens (including phenoxy) is 1. The lowest BCUT2D eigenvalue weighted by atomic mass is 9.98. The predicted octanol–water partition coefficient (Wildman–Crippen LogP) is 1.33. The van der Waals surface area contributed by atoms with Gasteiger partial charge in [-0.3, -0.25) is 14.6 Å². The molecule has 1 atom stereocenters. The van der Waals surface area contributed by atoms with Crippen molar-refractivity contribution in [3.8, 4) is 0 Å². The van der Waals surface area contributed by atoms with Crippen molar-refractivity contribution in [3.05, 3.63) is 24.5 Å². The summed E-state index contributed by atoms with van der Waals surface area (Å²) < 4.78 is 31.8. The van der Waals surface area contributed by atoms with Gasteiger partial charge in [-0.1, -0.05) is 0 Å². The van der Waals surface area contributed by atoms with Crippen molar-refractivity contribution in [1.82, 2.24) is 14.6 Å². The summed E-state index contributed by atoms with van der Waals surface area (Å²) in [4.78, 5) is 28.3. The molecule has 0 saturated carbocycles. The Kier molecular flexibility index (Phi) is 6.59. The van der Waals surface area contributed by atoms with Crippen molar-refractivity contribution in [2.75, 3.05) is 13.1 Å². The number of nitrogens with zero attached hydrogens (tertiary/aromatic N) is 2. The minimum atomic E-state index is -3.61.